The van der Waals surface area contributed by atoms with Gasteiger partial charge in [0, 0.05) is 6.54 Å². The number of amides is 4. The standard InChI is InChI=1S/C12H19N3O4/c1-12(2,3)19-11(18)15-6-4-5-7(15)8-9(16)14-10(17)13-8/h7-8H,4-6H2,1-3H3,(H2,13,14,16,17)/t7-,8-/m0/s1. The number of hydrogen-bond acceptors (Lipinski definition) is 4. The molecule has 4 amide bonds. The summed E-state index contributed by atoms with van der Waals surface area (Å²) in [5.74, 6) is -0.384. The van der Waals surface area contributed by atoms with E-state index in [1.165, 1.54) is 4.90 Å². The van der Waals surface area contributed by atoms with Crippen molar-refractivity contribution < 1.29 is 19.1 Å². The van der Waals surface area contributed by atoms with Gasteiger partial charge in [-0.05, 0) is 33.6 Å². The van der Waals surface area contributed by atoms with Crippen LogP contribution in [0, 0.1) is 0 Å². The molecule has 7 nitrogen and oxygen atoms in total. The molecule has 19 heavy (non-hydrogen) atoms. The van der Waals surface area contributed by atoms with Gasteiger partial charge in [-0.2, -0.15) is 0 Å². The molecule has 2 atom stereocenters. The van der Waals surface area contributed by atoms with Gasteiger partial charge in [-0.25, -0.2) is 9.59 Å². The minimum absolute atomic E-state index is 0.332. The maximum atomic E-state index is 12.1. The summed E-state index contributed by atoms with van der Waals surface area (Å²) in [6.45, 7) is 5.92. The van der Waals surface area contributed by atoms with E-state index in [4.69, 9.17) is 4.74 Å². The summed E-state index contributed by atoms with van der Waals surface area (Å²) < 4.78 is 5.32. The highest BCUT2D eigenvalue weighted by Gasteiger charge is 2.44. The molecule has 7 heteroatoms. The van der Waals surface area contributed by atoms with Crippen LogP contribution >= 0.6 is 0 Å². The van der Waals surface area contributed by atoms with Crippen molar-refractivity contribution in [3.05, 3.63) is 0 Å². The maximum Gasteiger partial charge on any atom is 0.410 e. The Balaban J connectivity index is 2.07. The highest BCUT2D eigenvalue weighted by molar-refractivity contribution is 6.04. The predicted octanol–water partition coefficient (Wildman–Crippen LogP) is 0.594. The van der Waals surface area contributed by atoms with Gasteiger partial charge in [0.25, 0.3) is 5.91 Å². The van der Waals surface area contributed by atoms with Crippen molar-refractivity contribution in [2.75, 3.05) is 6.54 Å². The van der Waals surface area contributed by atoms with Gasteiger partial charge in [-0.1, -0.05) is 0 Å². The van der Waals surface area contributed by atoms with Gasteiger partial charge in [0.05, 0.1) is 6.04 Å². The third-order valence-electron chi connectivity index (χ3n) is 3.12. The number of carbonyl (C=O) groups excluding carboxylic acids is 3. The zero-order valence-corrected chi connectivity index (χ0v) is 11.4. The second kappa shape index (κ2) is 4.71. The average Bonchev–Trinajstić information content (AvgIpc) is 2.81. The molecule has 0 unspecified atom stereocenters. The lowest BCUT2D eigenvalue weighted by atomic mass is 10.1. The van der Waals surface area contributed by atoms with Gasteiger partial charge >= 0.3 is 12.1 Å². The molecule has 0 aromatic rings. The van der Waals surface area contributed by atoms with Crippen molar-refractivity contribution >= 4 is 18.0 Å². The molecule has 0 radical (unpaired) electrons. The van der Waals surface area contributed by atoms with Gasteiger partial charge < -0.3 is 15.0 Å². The molecule has 106 valence electrons. The molecular weight excluding hydrogens is 250 g/mol. The summed E-state index contributed by atoms with van der Waals surface area (Å²) >= 11 is 0. The highest BCUT2D eigenvalue weighted by Crippen LogP contribution is 2.24. The number of ether oxygens (including phenoxy) is 1. The van der Waals surface area contributed by atoms with Gasteiger partial charge in [0.2, 0.25) is 0 Å². The van der Waals surface area contributed by atoms with Crippen LogP contribution in [0.5, 0.6) is 0 Å². The normalized spacial score (nSPS) is 27.2. The van der Waals surface area contributed by atoms with Crippen LogP contribution in [0.2, 0.25) is 0 Å². The Bertz CT molecular complexity index is 416. The second-order valence-corrected chi connectivity index (χ2v) is 5.82. The summed E-state index contributed by atoms with van der Waals surface area (Å²) in [4.78, 5) is 36.4. The third kappa shape index (κ3) is 2.97. The van der Waals surface area contributed by atoms with Crippen LogP contribution < -0.4 is 10.6 Å². The monoisotopic (exact) mass is 269 g/mol. The van der Waals surface area contributed by atoms with Crippen LogP contribution in [0.1, 0.15) is 33.6 Å². The number of nitrogens with one attached hydrogen (secondary N) is 2. The minimum Gasteiger partial charge on any atom is -0.444 e. The molecule has 0 aromatic carbocycles. The molecule has 2 heterocycles. The molecule has 0 saturated carbocycles. The van der Waals surface area contributed by atoms with Gasteiger partial charge in [-0.15, -0.1) is 0 Å². The molecule has 2 fully saturated rings. The quantitative estimate of drug-likeness (QED) is 0.682. The average molecular weight is 269 g/mol. The molecule has 2 N–H and O–H groups in total. The van der Waals surface area contributed by atoms with E-state index in [-0.39, 0.29) is 11.9 Å². The molecule has 0 bridgehead atoms. The number of likely N-dealkylation sites (tertiary alicyclic amines) is 1. The summed E-state index contributed by atoms with van der Waals surface area (Å²) in [6, 6.07) is -1.52. The smallest absolute Gasteiger partial charge is 0.410 e. The Morgan fingerprint density at radius 3 is 2.58 bits per heavy atom. The molecule has 0 spiro atoms. The molecular formula is C12H19N3O4. The molecule has 2 saturated heterocycles. The largest absolute Gasteiger partial charge is 0.444 e. The van der Waals surface area contributed by atoms with Crippen molar-refractivity contribution in [3.8, 4) is 0 Å². The number of rotatable bonds is 1. The van der Waals surface area contributed by atoms with Gasteiger partial charge in [0.15, 0.2) is 0 Å². The van der Waals surface area contributed by atoms with E-state index in [0.29, 0.717) is 13.0 Å². The molecule has 2 aliphatic heterocycles. The summed E-state index contributed by atoms with van der Waals surface area (Å²) in [5, 5.41) is 4.73. The molecule has 0 aliphatic carbocycles. The summed E-state index contributed by atoms with van der Waals surface area (Å²) in [5.41, 5.74) is -0.578. The Kier molecular flexibility index (Phi) is 3.38. The minimum atomic E-state index is -0.678. The second-order valence-electron chi connectivity index (χ2n) is 5.82. The van der Waals surface area contributed by atoms with E-state index in [9.17, 15) is 14.4 Å². The zero-order chi connectivity index (χ0) is 14.2. The van der Waals surface area contributed by atoms with Crippen molar-refractivity contribution in [2.24, 2.45) is 0 Å². The lowest BCUT2D eigenvalue weighted by Crippen LogP contribution is -2.51. The first-order chi connectivity index (χ1) is 8.78. The predicted molar refractivity (Wildman–Crippen MR) is 66.4 cm³/mol. The van der Waals surface area contributed by atoms with E-state index in [1.807, 2.05) is 0 Å². The molecule has 2 rings (SSSR count). The van der Waals surface area contributed by atoms with Crippen molar-refractivity contribution in [3.63, 3.8) is 0 Å². The van der Waals surface area contributed by atoms with Crippen LogP contribution in [0.4, 0.5) is 9.59 Å². The van der Waals surface area contributed by atoms with Crippen LogP contribution in [-0.2, 0) is 9.53 Å². The fraction of sp³-hybridized carbons (Fsp3) is 0.750. The Labute approximate surface area is 111 Å². The van der Waals surface area contributed by atoms with E-state index in [0.717, 1.165) is 6.42 Å². The van der Waals surface area contributed by atoms with Gasteiger partial charge in [-0.3, -0.25) is 10.1 Å². The first-order valence-corrected chi connectivity index (χ1v) is 6.39. The number of carbonyl (C=O) groups is 3. The Hall–Kier alpha value is -1.79. The highest BCUT2D eigenvalue weighted by atomic mass is 16.6. The molecule has 0 aromatic heterocycles. The van der Waals surface area contributed by atoms with Crippen molar-refractivity contribution in [2.45, 2.75) is 51.3 Å². The van der Waals surface area contributed by atoms with E-state index >= 15 is 0 Å². The van der Waals surface area contributed by atoms with Crippen LogP contribution in [0.15, 0.2) is 0 Å². The first kappa shape index (κ1) is 13.6. The number of urea groups is 1. The van der Waals surface area contributed by atoms with Crippen molar-refractivity contribution in [1.29, 1.82) is 0 Å². The zero-order valence-electron chi connectivity index (χ0n) is 11.4. The molecule has 2 aliphatic rings. The summed E-state index contributed by atoms with van der Waals surface area (Å²) in [6.07, 6.45) is 1.03. The SMILES string of the molecule is CC(C)(C)OC(=O)N1CCC[C@H]1[C@@H]1NC(=O)NC1=O. The summed E-state index contributed by atoms with van der Waals surface area (Å²) in [7, 11) is 0. The fourth-order valence-electron chi connectivity index (χ4n) is 2.39. The lowest BCUT2D eigenvalue weighted by Gasteiger charge is -2.30. The number of hydrogen-bond donors (Lipinski definition) is 2. The number of imide groups is 1. The maximum absolute atomic E-state index is 12.1. The van der Waals surface area contributed by atoms with E-state index in [1.54, 1.807) is 20.8 Å². The Morgan fingerprint density at radius 1 is 1.37 bits per heavy atom. The Morgan fingerprint density at radius 2 is 2.05 bits per heavy atom. The lowest BCUT2D eigenvalue weighted by molar-refractivity contribution is -0.121. The number of nitrogens with zero attached hydrogens (tertiary/aromatic N) is 1. The first-order valence-electron chi connectivity index (χ1n) is 6.39. The van der Waals surface area contributed by atoms with Crippen LogP contribution in [0.25, 0.3) is 0 Å². The van der Waals surface area contributed by atoms with E-state index in [2.05, 4.69) is 10.6 Å². The van der Waals surface area contributed by atoms with Crippen LogP contribution in [-0.4, -0.2) is 47.2 Å². The fourth-order valence-corrected chi connectivity index (χ4v) is 2.39. The van der Waals surface area contributed by atoms with E-state index < -0.39 is 23.8 Å². The van der Waals surface area contributed by atoms with Crippen LogP contribution in [0.3, 0.4) is 0 Å². The third-order valence-corrected chi connectivity index (χ3v) is 3.12. The van der Waals surface area contributed by atoms with Crippen molar-refractivity contribution in [1.82, 2.24) is 15.5 Å². The topological polar surface area (TPSA) is 87.7 Å². The van der Waals surface area contributed by atoms with Gasteiger partial charge in [0.1, 0.15) is 11.6 Å².